The lowest BCUT2D eigenvalue weighted by atomic mass is 9.79. The van der Waals surface area contributed by atoms with E-state index >= 15 is 0 Å². The zero-order valence-corrected chi connectivity index (χ0v) is 22.8. The highest BCUT2D eigenvalue weighted by Gasteiger charge is 2.45. The Morgan fingerprint density at radius 3 is 1.17 bits per heavy atom. The maximum absolute atomic E-state index is 11.8. The molecule has 0 aromatic heterocycles. The van der Waals surface area contributed by atoms with Crippen LogP contribution in [0.25, 0.3) is 0 Å². The lowest BCUT2D eigenvalue weighted by Crippen LogP contribution is -2.62. The minimum absolute atomic E-state index is 0.124. The van der Waals surface area contributed by atoms with Gasteiger partial charge in [0.25, 0.3) is 11.8 Å². The third-order valence-electron chi connectivity index (χ3n) is 7.47. The number of likely N-dealkylation sites (N-methyl/N-ethyl adjacent to an activating group) is 2. The Morgan fingerprint density at radius 2 is 0.944 bits per heavy atom. The molecule has 10 atom stereocenters. The molecule has 208 valence electrons. The maximum atomic E-state index is 11.8. The van der Waals surface area contributed by atoms with Gasteiger partial charge in [-0.1, -0.05) is 27.7 Å². The third-order valence-corrected chi connectivity index (χ3v) is 7.47. The Labute approximate surface area is 214 Å². The SMILES string of the molecule is CNC(=O)[C@@H]1O[C@H](CN)[C@@H](C)[C@H](C)[C@@H]1NC(C)=O.CNC(=O)[C@@H]1O[C@H](CN)[C@H](C)[C@@H](C)[C@H]1NC(C)=O. The Hall–Kier alpha value is -2.28. The van der Waals surface area contributed by atoms with Crippen molar-refractivity contribution in [2.75, 3.05) is 27.2 Å². The van der Waals surface area contributed by atoms with Crippen molar-refractivity contribution >= 4 is 23.6 Å². The van der Waals surface area contributed by atoms with Crippen LogP contribution in [0.5, 0.6) is 0 Å². The molecule has 0 spiro atoms. The number of rotatable bonds is 6. The molecule has 0 saturated carbocycles. The highest BCUT2D eigenvalue weighted by atomic mass is 16.5. The zero-order valence-electron chi connectivity index (χ0n) is 22.8. The van der Waals surface area contributed by atoms with Gasteiger partial charge in [-0.2, -0.15) is 0 Å². The number of hydrogen-bond acceptors (Lipinski definition) is 8. The van der Waals surface area contributed by atoms with Crippen LogP contribution in [0.3, 0.4) is 0 Å². The summed E-state index contributed by atoms with van der Waals surface area (Å²) in [5.41, 5.74) is 11.3. The lowest BCUT2D eigenvalue weighted by Gasteiger charge is -2.44. The molecule has 0 radical (unpaired) electrons. The second-order valence-electron chi connectivity index (χ2n) is 9.78. The summed E-state index contributed by atoms with van der Waals surface area (Å²) in [5, 5.41) is 10.7. The largest absolute Gasteiger partial charge is 0.361 e. The molecule has 2 fully saturated rings. The predicted molar refractivity (Wildman–Crippen MR) is 135 cm³/mol. The first-order valence-electron chi connectivity index (χ1n) is 12.5. The number of hydrogen-bond donors (Lipinski definition) is 6. The van der Waals surface area contributed by atoms with Gasteiger partial charge in [-0.25, -0.2) is 0 Å². The van der Waals surface area contributed by atoms with Crippen LogP contribution in [-0.4, -0.2) is 87.3 Å². The number of nitrogens with two attached hydrogens (primary N) is 2. The van der Waals surface area contributed by atoms with Crippen LogP contribution in [0.15, 0.2) is 0 Å². The molecule has 4 amide bonds. The maximum Gasteiger partial charge on any atom is 0.251 e. The number of carbonyl (C=O) groups is 4. The van der Waals surface area contributed by atoms with Gasteiger partial charge >= 0.3 is 0 Å². The highest BCUT2D eigenvalue weighted by Crippen LogP contribution is 2.31. The normalized spacial score (nSPS) is 35.9. The summed E-state index contributed by atoms with van der Waals surface area (Å²) in [5.74, 6) is -0.167. The Kier molecular flexibility index (Phi) is 12.8. The van der Waals surface area contributed by atoms with Crippen molar-refractivity contribution in [1.82, 2.24) is 21.3 Å². The fourth-order valence-electron chi connectivity index (χ4n) is 4.83. The van der Waals surface area contributed by atoms with Crippen LogP contribution in [-0.2, 0) is 28.7 Å². The number of amides is 4. The fraction of sp³-hybridized carbons (Fsp3) is 0.833. The zero-order chi connectivity index (χ0) is 27.7. The van der Waals surface area contributed by atoms with Crippen molar-refractivity contribution in [3.05, 3.63) is 0 Å². The van der Waals surface area contributed by atoms with E-state index in [2.05, 4.69) is 21.3 Å². The number of ether oxygens (including phenoxy) is 2. The van der Waals surface area contributed by atoms with Gasteiger partial charge in [-0.15, -0.1) is 0 Å². The van der Waals surface area contributed by atoms with Crippen LogP contribution >= 0.6 is 0 Å². The molecule has 2 saturated heterocycles. The summed E-state index contributed by atoms with van der Waals surface area (Å²) in [6.07, 6.45) is -1.68. The monoisotopic (exact) mass is 514 g/mol. The van der Waals surface area contributed by atoms with Crippen molar-refractivity contribution < 1.29 is 28.7 Å². The average molecular weight is 515 g/mol. The van der Waals surface area contributed by atoms with Gasteiger partial charge in [0.1, 0.15) is 0 Å². The molecule has 2 aliphatic heterocycles. The molecule has 2 heterocycles. The first-order chi connectivity index (χ1) is 16.8. The smallest absolute Gasteiger partial charge is 0.251 e. The van der Waals surface area contributed by atoms with Crippen LogP contribution in [0, 0.1) is 23.7 Å². The van der Waals surface area contributed by atoms with E-state index in [1.165, 1.54) is 13.8 Å². The van der Waals surface area contributed by atoms with E-state index in [0.717, 1.165) is 0 Å². The highest BCUT2D eigenvalue weighted by molar-refractivity contribution is 5.83. The summed E-state index contributed by atoms with van der Waals surface area (Å²) in [4.78, 5) is 46.2. The molecule has 0 aromatic carbocycles. The van der Waals surface area contributed by atoms with Crippen LogP contribution in [0.1, 0.15) is 41.5 Å². The standard InChI is InChI=1S/2C12H23N3O3/c2*1-6-7(2)10(15-8(3)16)11(12(17)14-4)18-9(6)5-13/h2*6-7,9-11H,5,13H2,1-4H3,(H,14,17)(H,15,16)/t6-,7-,9+,10-,11+;6-,7-,9-,10-,11-/m01/s1. The van der Waals surface area contributed by atoms with Crippen LogP contribution in [0.2, 0.25) is 0 Å². The summed E-state index contributed by atoms with van der Waals surface area (Å²) in [6, 6.07) is -0.638. The summed E-state index contributed by atoms with van der Waals surface area (Å²) in [6.45, 7) is 11.7. The van der Waals surface area contributed by atoms with Gasteiger partial charge in [0.15, 0.2) is 12.2 Å². The van der Waals surface area contributed by atoms with Gasteiger partial charge < -0.3 is 42.2 Å². The molecule has 2 aliphatic rings. The fourth-order valence-corrected chi connectivity index (χ4v) is 4.83. The van der Waals surface area contributed by atoms with Gasteiger partial charge in [-0.3, -0.25) is 19.2 Å². The van der Waals surface area contributed by atoms with Crippen LogP contribution < -0.4 is 32.7 Å². The van der Waals surface area contributed by atoms with E-state index in [-0.39, 0.29) is 71.6 Å². The summed E-state index contributed by atoms with van der Waals surface area (Å²) in [7, 11) is 3.10. The van der Waals surface area contributed by atoms with Gasteiger partial charge in [0.2, 0.25) is 11.8 Å². The Morgan fingerprint density at radius 1 is 0.639 bits per heavy atom. The molecule has 2 rings (SSSR count). The van der Waals surface area contributed by atoms with Crippen molar-refractivity contribution in [2.45, 2.75) is 78.0 Å². The van der Waals surface area contributed by atoms with Crippen molar-refractivity contribution in [1.29, 1.82) is 0 Å². The van der Waals surface area contributed by atoms with E-state index in [4.69, 9.17) is 20.9 Å². The van der Waals surface area contributed by atoms with E-state index < -0.39 is 12.2 Å². The molecule has 0 bridgehead atoms. The Balaban J connectivity index is 0.000000360. The van der Waals surface area contributed by atoms with Gasteiger partial charge in [0.05, 0.1) is 24.3 Å². The van der Waals surface area contributed by atoms with Crippen molar-refractivity contribution in [3.63, 3.8) is 0 Å². The lowest BCUT2D eigenvalue weighted by molar-refractivity contribution is -0.158. The topological polar surface area (TPSA) is 187 Å². The molecular formula is C24H46N6O6. The molecular weight excluding hydrogens is 468 g/mol. The molecule has 0 aromatic rings. The second kappa shape index (κ2) is 14.5. The van der Waals surface area contributed by atoms with E-state index in [0.29, 0.717) is 13.1 Å². The minimum atomic E-state index is -0.682. The molecule has 0 unspecified atom stereocenters. The quantitative estimate of drug-likeness (QED) is 0.246. The second-order valence-corrected chi connectivity index (χ2v) is 9.78. The number of nitrogens with one attached hydrogen (secondary N) is 4. The molecule has 8 N–H and O–H groups in total. The average Bonchev–Trinajstić information content (AvgIpc) is 2.84. The van der Waals surface area contributed by atoms with Crippen molar-refractivity contribution in [3.8, 4) is 0 Å². The minimum Gasteiger partial charge on any atom is -0.361 e. The predicted octanol–water partition coefficient (Wildman–Crippen LogP) is -1.53. The molecule has 12 nitrogen and oxygen atoms in total. The third kappa shape index (κ3) is 7.86. The summed E-state index contributed by atoms with van der Waals surface area (Å²) >= 11 is 0. The van der Waals surface area contributed by atoms with E-state index in [1.54, 1.807) is 14.1 Å². The van der Waals surface area contributed by atoms with Gasteiger partial charge in [0, 0.05) is 41.0 Å². The Bertz CT molecular complexity index is 705. The molecule has 0 aliphatic carbocycles. The van der Waals surface area contributed by atoms with Gasteiger partial charge in [-0.05, 0) is 23.7 Å². The first-order valence-corrected chi connectivity index (χ1v) is 12.5. The first kappa shape index (κ1) is 31.7. The number of carbonyl (C=O) groups excluding carboxylic acids is 4. The summed E-state index contributed by atoms with van der Waals surface area (Å²) < 4.78 is 11.5. The van der Waals surface area contributed by atoms with Crippen LogP contribution in [0.4, 0.5) is 0 Å². The van der Waals surface area contributed by atoms with Crippen molar-refractivity contribution in [2.24, 2.45) is 35.1 Å². The molecule has 36 heavy (non-hydrogen) atoms. The van der Waals surface area contributed by atoms with E-state index in [1.807, 2.05) is 27.7 Å². The molecule has 12 heteroatoms. The van der Waals surface area contributed by atoms with E-state index in [9.17, 15) is 19.2 Å².